The zero-order valence-corrected chi connectivity index (χ0v) is 17.0. The molecular formula is C21H23ClN2O5. The molecule has 3 N–H and O–H groups in total. The van der Waals surface area contributed by atoms with Gasteiger partial charge in [0.25, 0.3) is 0 Å². The van der Waals surface area contributed by atoms with E-state index in [1.54, 1.807) is 0 Å². The van der Waals surface area contributed by atoms with E-state index in [-0.39, 0.29) is 64.2 Å². The maximum atomic E-state index is 13.0. The van der Waals surface area contributed by atoms with Crippen molar-refractivity contribution in [3.63, 3.8) is 0 Å². The number of ketones is 2. The maximum absolute atomic E-state index is 13.0. The van der Waals surface area contributed by atoms with Crippen LogP contribution in [0.4, 0.5) is 5.69 Å². The van der Waals surface area contributed by atoms with Gasteiger partial charge in [0.15, 0.2) is 5.78 Å². The maximum Gasteiger partial charge on any atom is 0.225 e. The number of nitrogens with one attached hydrogen (secondary N) is 1. The lowest BCUT2D eigenvalue weighted by atomic mass is 9.82. The third-order valence-corrected chi connectivity index (χ3v) is 4.98. The summed E-state index contributed by atoms with van der Waals surface area (Å²) in [5.74, 6) is -2.17. The molecule has 0 saturated heterocycles. The molecule has 2 aromatic carbocycles. The number of aromatic hydroxyl groups is 2. The Bertz CT molecular complexity index is 970. The number of rotatable bonds is 6. The van der Waals surface area contributed by atoms with Crippen LogP contribution in [0.15, 0.2) is 30.3 Å². The molecule has 0 aliphatic heterocycles. The molecule has 0 saturated carbocycles. The summed E-state index contributed by atoms with van der Waals surface area (Å²) in [7, 11) is 0. The van der Waals surface area contributed by atoms with Crippen LogP contribution in [0.5, 0.6) is 11.5 Å². The van der Waals surface area contributed by atoms with Crippen LogP contribution >= 0.6 is 12.4 Å². The summed E-state index contributed by atoms with van der Waals surface area (Å²) in [4.78, 5) is 40.3. The fourth-order valence-electron chi connectivity index (χ4n) is 3.40. The molecule has 0 spiro atoms. The second-order valence-electron chi connectivity index (χ2n) is 6.57. The van der Waals surface area contributed by atoms with E-state index in [1.807, 2.05) is 13.8 Å². The molecule has 0 radical (unpaired) electrons. The van der Waals surface area contributed by atoms with Gasteiger partial charge in [-0.3, -0.25) is 14.4 Å². The Morgan fingerprint density at radius 2 is 1.59 bits per heavy atom. The Morgan fingerprint density at radius 1 is 0.931 bits per heavy atom. The van der Waals surface area contributed by atoms with Crippen molar-refractivity contribution in [1.82, 2.24) is 4.90 Å². The van der Waals surface area contributed by atoms with E-state index in [2.05, 4.69) is 10.2 Å². The molecule has 0 unspecified atom stereocenters. The van der Waals surface area contributed by atoms with Crippen molar-refractivity contribution in [3.05, 3.63) is 52.6 Å². The molecule has 8 heteroatoms. The summed E-state index contributed by atoms with van der Waals surface area (Å²) in [6, 6.07) is 6.88. The first-order valence-electron chi connectivity index (χ1n) is 9.18. The summed E-state index contributed by atoms with van der Waals surface area (Å²) in [6.07, 6.45) is 0.233. The third kappa shape index (κ3) is 4.11. The first-order valence-corrected chi connectivity index (χ1v) is 9.18. The van der Waals surface area contributed by atoms with Crippen LogP contribution < -0.4 is 5.32 Å². The highest BCUT2D eigenvalue weighted by Crippen LogP contribution is 2.39. The van der Waals surface area contributed by atoms with Gasteiger partial charge in [-0.25, -0.2) is 0 Å². The van der Waals surface area contributed by atoms with Crippen molar-refractivity contribution in [1.29, 1.82) is 0 Å². The van der Waals surface area contributed by atoms with Crippen molar-refractivity contribution in [2.24, 2.45) is 0 Å². The Labute approximate surface area is 174 Å². The smallest absolute Gasteiger partial charge is 0.225 e. The van der Waals surface area contributed by atoms with Crippen LogP contribution in [0, 0.1) is 0 Å². The number of carbonyl (C=O) groups is 3. The second-order valence-corrected chi connectivity index (χ2v) is 6.57. The number of carbonyl (C=O) groups excluding carboxylic acids is 3. The molecule has 0 bridgehead atoms. The van der Waals surface area contributed by atoms with Gasteiger partial charge in [-0.05, 0) is 31.3 Å². The van der Waals surface area contributed by atoms with Crippen LogP contribution in [0.3, 0.4) is 0 Å². The van der Waals surface area contributed by atoms with Crippen LogP contribution in [0.1, 0.15) is 52.1 Å². The molecule has 1 aliphatic rings. The molecule has 29 heavy (non-hydrogen) atoms. The Kier molecular flexibility index (Phi) is 7.00. The first kappa shape index (κ1) is 22.4. The van der Waals surface area contributed by atoms with Gasteiger partial charge in [0, 0.05) is 18.5 Å². The fourth-order valence-corrected chi connectivity index (χ4v) is 3.40. The number of phenols is 2. The van der Waals surface area contributed by atoms with Gasteiger partial charge in [0.1, 0.15) is 11.5 Å². The predicted octanol–water partition coefficient (Wildman–Crippen LogP) is 2.97. The van der Waals surface area contributed by atoms with E-state index in [1.165, 1.54) is 30.3 Å². The summed E-state index contributed by atoms with van der Waals surface area (Å²) < 4.78 is 0. The van der Waals surface area contributed by atoms with Crippen molar-refractivity contribution < 1.29 is 24.6 Å². The lowest BCUT2D eigenvalue weighted by molar-refractivity contribution is -0.116. The second kappa shape index (κ2) is 9.07. The lowest BCUT2D eigenvalue weighted by Gasteiger charge is -2.22. The average Bonchev–Trinajstić information content (AvgIpc) is 2.68. The van der Waals surface area contributed by atoms with Crippen molar-refractivity contribution in [3.8, 4) is 11.5 Å². The SMILES string of the molecule is CCN(CC)CCC(=O)Nc1ccc(O)c2c1C(=O)c1cccc(O)c1C2=O.Cl. The minimum absolute atomic E-state index is 0. The number of nitrogens with zero attached hydrogens (tertiary/aromatic N) is 1. The van der Waals surface area contributed by atoms with Gasteiger partial charge in [-0.1, -0.05) is 26.0 Å². The summed E-state index contributed by atoms with van der Waals surface area (Å²) in [5.41, 5.74) is -0.188. The van der Waals surface area contributed by atoms with Gasteiger partial charge >= 0.3 is 0 Å². The van der Waals surface area contributed by atoms with Gasteiger partial charge < -0.3 is 20.4 Å². The van der Waals surface area contributed by atoms with E-state index in [0.29, 0.717) is 6.54 Å². The number of benzene rings is 2. The topological polar surface area (TPSA) is 107 Å². The standard InChI is InChI=1S/C21H22N2O5.ClH/c1-3-23(4-2)11-10-16(26)22-13-8-9-15(25)19-18(13)20(27)12-6-5-7-14(24)17(12)21(19)28;/h5-9,24-25H,3-4,10-11H2,1-2H3,(H,22,26);1H. The zero-order chi connectivity index (χ0) is 20.4. The molecule has 0 aromatic heterocycles. The van der Waals surface area contributed by atoms with Crippen LogP contribution in [-0.2, 0) is 4.79 Å². The highest BCUT2D eigenvalue weighted by Gasteiger charge is 2.36. The van der Waals surface area contributed by atoms with Crippen molar-refractivity contribution in [2.45, 2.75) is 20.3 Å². The van der Waals surface area contributed by atoms with Crippen LogP contribution in [0.25, 0.3) is 0 Å². The number of anilines is 1. The summed E-state index contributed by atoms with van der Waals surface area (Å²) in [6.45, 7) is 6.24. The molecule has 3 rings (SSSR count). The molecule has 7 nitrogen and oxygen atoms in total. The van der Waals surface area contributed by atoms with E-state index in [4.69, 9.17) is 0 Å². The number of phenolic OH excluding ortho intramolecular Hbond substituents is 2. The zero-order valence-electron chi connectivity index (χ0n) is 16.2. The minimum Gasteiger partial charge on any atom is -0.507 e. The highest BCUT2D eigenvalue weighted by atomic mass is 35.5. The Balaban J connectivity index is 0.00000300. The number of hydrogen-bond acceptors (Lipinski definition) is 6. The third-order valence-electron chi connectivity index (χ3n) is 4.98. The number of halogens is 1. The first-order chi connectivity index (χ1) is 13.4. The largest absolute Gasteiger partial charge is 0.507 e. The normalized spacial score (nSPS) is 12.2. The highest BCUT2D eigenvalue weighted by molar-refractivity contribution is 6.32. The van der Waals surface area contributed by atoms with Gasteiger partial charge in [0.2, 0.25) is 11.7 Å². The molecule has 0 fully saturated rings. The Morgan fingerprint density at radius 3 is 2.24 bits per heavy atom. The van der Waals surface area contributed by atoms with E-state index < -0.39 is 11.6 Å². The van der Waals surface area contributed by atoms with Crippen molar-refractivity contribution >= 4 is 35.6 Å². The van der Waals surface area contributed by atoms with Crippen LogP contribution in [-0.4, -0.2) is 52.2 Å². The molecule has 0 heterocycles. The van der Waals surface area contributed by atoms with Gasteiger partial charge in [-0.15, -0.1) is 12.4 Å². The molecule has 1 aliphatic carbocycles. The molecule has 154 valence electrons. The molecule has 1 amide bonds. The molecule has 2 aromatic rings. The minimum atomic E-state index is -0.653. The molecule has 0 atom stereocenters. The van der Waals surface area contributed by atoms with Crippen LogP contribution in [0.2, 0.25) is 0 Å². The number of fused-ring (bicyclic) bond motifs is 2. The molecular weight excluding hydrogens is 396 g/mol. The number of hydrogen-bond donors (Lipinski definition) is 3. The quantitative estimate of drug-likeness (QED) is 0.531. The summed E-state index contributed by atoms with van der Waals surface area (Å²) >= 11 is 0. The Hall–Kier alpha value is -2.90. The lowest BCUT2D eigenvalue weighted by Crippen LogP contribution is -2.28. The van der Waals surface area contributed by atoms with E-state index in [0.717, 1.165) is 13.1 Å². The monoisotopic (exact) mass is 418 g/mol. The fraction of sp³-hybridized carbons (Fsp3) is 0.286. The average molecular weight is 419 g/mol. The van der Waals surface area contributed by atoms with Crippen molar-refractivity contribution in [2.75, 3.05) is 25.0 Å². The van der Waals surface area contributed by atoms with Gasteiger partial charge in [-0.2, -0.15) is 0 Å². The predicted molar refractivity (Wildman–Crippen MR) is 111 cm³/mol. The summed E-state index contributed by atoms with van der Waals surface area (Å²) in [5, 5.41) is 22.9. The van der Waals surface area contributed by atoms with E-state index >= 15 is 0 Å². The van der Waals surface area contributed by atoms with Gasteiger partial charge in [0.05, 0.1) is 22.4 Å². The van der Waals surface area contributed by atoms with E-state index in [9.17, 15) is 24.6 Å². The number of amides is 1.